The van der Waals surface area contributed by atoms with Crippen LogP contribution in [0.4, 0.5) is 5.82 Å². The van der Waals surface area contributed by atoms with Gasteiger partial charge in [-0.25, -0.2) is 9.67 Å². The number of nitrogens with one attached hydrogen (secondary N) is 1. The largest absolute Gasteiger partial charge is 0.311 e. The Balaban J connectivity index is 1.70. The third-order valence-electron chi connectivity index (χ3n) is 3.42. The Morgan fingerprint density at radius 3 is 2.88 bits per heavy atom. The van der Waals surface area contributed by atoms with Crippen molar-refractivity contribution in [2.24, 2.45) is 0 Å². The Morgan fingerprint density at radius 2 is 2.12 bits per heavy atom. The van der Waals surface area contributed by atoms with E-state index in [0.717, 1.165) is 16.3 Å². The molecule has 0 fully saturated rings. The summed E-state index contributed by atoms with van der Waals surface area (Å²) in [4.78, 5) is 16.8. The third kappa shape index (κ3) is 3.66. The molecule has 7 heteroatoms. The number of halogens is 1. The minimum Gasteiger partial charge on any atom is -0.311 e. The Kier molecular flexibility index (Phi) is 4.97. The summed E-state index contributed by atoms with van der Waals surface area (Å²) in [6.07, 6.45) is 1.89. The van der Waals surface area contributed by atoms with E-state index in [4.69, 9.17) is 11.6 Å². The number of amides is 1. The zero-order valence-electron chi connectivity index (χ0n) is 13.4. The maximum absolute atomic E-state index is 12.3. The molecule has 0 bridgehead atoms. The quantitative estimate of drug-likeness (QED) is 0.732. The smallest absolute Gasteiger partial charge is 0.231 e. The number of rotatable bonds is 5. The monoisotopic (exact) mass is 360 g/mol. The lowest BCUT2D eigenvalue weighted by atomic mass is 10.2. The lowest BCUT2D eigenvalue weighted by molar-refractivity contribution is -0.115. The molecule has 1 amide bonds. The van der Waals surface area contributed by atoms with E-state index in [0.29, 0.717) is 10.8 Å². The minimum atomic E-state index is -0.117. The molecular formula is C17H17ClN4OS. The summed E-state index contributed by atoms with van der Waals surface area (Å²) in [7, 11) is 0. The first kappa shape index (κ1) is 16.7. The van der Waals surface area contributed by atoms with Gasteiger partial charge in [0.25, 0.3) is 0 Å². The first-order valence-corrected chi connectivity index (χ1v) is 8.83. The standard InChI is InChI=1S/C17H17ClN4OS/c1-11(2)22-15(7-8-19-22)21-16(23)9-12-10-24-17(20-12)13-5-3-4-6-14(13)18/h3-8,10-11H,9H2,1-2H3,(H,21,23). The molecular weight excluding hydrogens is 344 g/mol. The molecule has 0 unspecified atom stereocenters. The van der Waals surface area contributed by atoms with Gasteiger partial charge in [0.15, 0.2) is 0 Å². The average Bonchev–Trinajstić information content (AvgIpc) is 3.17. The summed E-state index contributed by atoms with van der Waals surface area (Å²) in [5, 5.41) is 10.4. The van der Waals surface area contributed by atoms with Crippen LogP contribution < -0.4 is 5.32 Å². The van der Waals surface area contributed by atoms with Gasteiger partial charge in [-0.05, 0) is 19.9 Å². The Hall–Kier alpha value is -2.18. The molecule has 0 saturated heterocycles. The maximum Gasteiger partial charge on any atom is 0.231 e. The molecule has 2 aromatic heterocycles. The van der Waals surface area contributed by atoms with Gasteiger partial charge in [-0.2, -0.15) is 5.10 Å². The molecule has 1 aromatic carbocycles. The van der Waals surface area contributed by atoms with E-state index in [1.54, 1.807) is 16.9 Å². The molecule has 0 aliphatic carbocycles. The number of carbonyl (C=O) groups excluding carboxylic acids is 1. The normalized spacial score (nSPS) is 11.0. The number of hydrogen-bond acceptors (Lipinski definition) is 4. The van der Waals surface area contributed by atoms with Crippen LogP contribution in [0, 0.1) is 0 Å². The second kappa shape index (κ2) is 7.15. The highest BCUT2D eigenvalue weighted by Crippen LogP contribution is 2.30. The van der Waals surface area contributed by atoms with Crippen molar-refractivity contribution in [3.63, 3.8) is 0 Å². The van der Waals surface area contributed by atoms with Crippen molar-refractivity contribution in [1.82, 2.24) is 14.8 Å². The summed E-state index contributed by atoms with van der Waals surface area (Å²) >= 11 is 7.68. The highest BCUT2D eigenvalue weighted by molar-refractivity contribution is 7.13. The van der Waals surface area contributed by atoms with Crippen molar-refractivity contribution in [3.05, 3.63) is 52.6 Å². The highest BCUT2D eigenvalue weighted by Gasteiger charge is 2.13. The van der Waals surface area contributed by atoms with Gasteiger partial charge in [0.1, 0.15) is 10.8 Å². The van der Waals surface area contributed by atoms with Crippen molar-refractivity contribution in [2.45, 2.75) is 26.3 Å². The Morgan fingerprint density at radius 1 is 1.33 bits per heavy atom. The second-order valence-corrected chi connectivity index (χ2v) is 6.87. The van der Waals surface area contributed by atoms with Crippen LogP contribution in [0.3, 0.4) is 0 Å². The van der Waals surface area contributed by atoms with Crippen LogP contribution >= 0.6 is 22.9 Å². The molecule has 5 nitrogen and oxygen atoms in total. The molecule has 0 aliphatic heterocycles. The summed E-state index contributed by atoms with van der Waals surface area (Å²) in [5.74, 6) is 0.574. The van der Waals surface area contributed by atoms with Crippen LogP contribution in [0.15, 0.2) is 41.9 Å². The zero-order valence-corrected chi connectivity index (χ0v) is 14.9. The van der Waals surface area contributed by atoms with E-state index < -0.39 is 0 Å². The number of benzene rings is 1. The molecule has 3 aromatic rings. The average molecular weight is 361 g/mol. The van der Waals surface area contributed by atoms with E-state index >= 15 is 0 Å². The highest BCUT2D eigenvalue weighted by atomic mass is 35.5. The molecule has 24 heavy (non-hydrogen) atoms. The van der Waals surface area contributed by atoms with Crippen molar-refractivity contribution >= 4 is 34.7 Å². The van der Waals surface area contributed by atoms with E-state index in [1.807, 2.05) is 43.5 Å². The molecule has 2 heterocycles. The van der Waals surface area contributed by atoms with Gasteiger partial charge in [-0.15, -0.1) is 11.3 Å². The van der Waals surface area contributed by atoms with E-state index in [-0.39, 0.29) is 18.4 Å². The van der Waals surface area contributed by atoms with Crippen molar-refractivity contribution < 1.29 is 4.79 Å². The van der Waals surface area contributed by atoms with Gasteiger partial charge in [0, 0.05) is 23.1 Å². The van der Waals surface area contributed by atoms with Gasteiger partial charge in [0.05, 0.1) is 23.3 Å². The second-order valence-electron chi connectivity index (χ2n) is 5.60. The topological polar surface area (TPSA) is 59.8 Å². The third-order valence-corrected chi connectivity index (χ3v) is 4.68. The molecule has 124 valence electrons. The number of nitrogens with zero attached hydrogens (tertiary/aromatic N) is 3. The Bertz CT molecular complexity index is 856. The number of hydrogen-bond donors (Lipinski definition) is 1. The van der Waals surface area contributed by atoms with Gasteiger partial charge < -0.3 is 5.32 Å². The van der Waals surface area contributed by atoms with E-state index in [2.05, 4.69) is 15.4 Å². The predicted octanol–water partition coefficient (Wildman–Crippen LogP) is 4.42. The number of anilines is 1. The molecule has 0 saturated carbocycles. The van der Waals surface area contributed by atoms with Crippen LogP contribution in [-0.2, 0) is 11.2 Å². The lowest BCUT2D eigenvalue weighted by Crippen LogP contribution is -2.18. The molecule has 0 aliphatic rings. The van der Waals surface area contributed by atoms with Gasteiger partial charge >= 0.3 is 0 Å². The molecule has 3 rings (SSSR count). The summed E-state index contributed by atoms with van der Waals surface area (Å²) in [5.41, 5.74) is 1.61. The number of thiazole rings is 1. The lowest BCUT2D eigenvalue weighted by Gasteiger charge is -2.11. The molecule has 1 N–H and O–H groups in total. The van der Waals surface area contributed by atoms with Gasteiger partial charge in [-0.3, -0.25) is 4.79 Å². The van der Waals surface area contributed by atoms with Crippen molar-refractivity contribution in [1.29, 1.82) is 0 Å². The number of aromatic nitrogens is 3. The fourth-order valence-corrected chi connectivity index (χ4v) is 3.46. The SMILES string of the molecule is CC(C)n1nccc1NC(=O)Cc1csc(-c2ccccc2Cl)n1. The maximum atomic E-state index is 12.3. The molecule has 0 spiro atoms. The number of carbonyl (C=O) groups is 1. The predicted molar refractivity (Wildman–Crippen MR) is 97.5 cm³/mol. The van der Waals surface area contributed by atoms with E-state index in [1.165, 1.54) is 11.3 Å². The van der Waals surface area contributed by atoms with Gasteiger partial charge in [-0.1, -0.05) is 29.8 Å². The van der Waals surface area contributed by atoms with Crippen molar-refractivity contribution in [2.75, 3.05) is 5.32 Å². The fourth-order valence-electron chi connectivity index (χ4n) is 2.32. The van der Waals surface area contributed by atoms with E-state index in [9.17, 15) is 4.79 Å². The summed E-state index contributed by atoms with van der Waals surface area (Å²) in [6, 6.07) is 9.52. The van der Waals surface area contributed by atoms with Gasteiger partial charge in [0.2, 0.25) is 5.91 Å². The van der Waals surface area contributed by atoms with Crippen LogP contribution in [0.5, 0.6) is 0 Å². The summed E-state index contributed by atoms with van der Waals surface area (Å²) in [6.45, 7) is 4.03. The van der Waals surface area contributed by atoms with Crippen LogP contribution in [0.2, 0.25) is 5.02 Å². The molecule has 0 radical (unpaired) electrons. The first-order valence-electron chi connectivity index (χ1n) is 7.57. The van der Waals surface area contributed by atoms with Crippen LogP contribution in [0.25, 0.3) is 10.6 Å². The summed E-state index contributed by atoms with van der Waals surface area (Å²) < 4.78 is 1.77. The Labute approximate surface area is 149 Å². The zero-order chi connectivity index (χ0) is 17.1. The van der Waals surface area contributed by atoms with Crippen LogP contribution in [0.1, 0.15) is 25.6 Å². The van der Waals surface area contributed by atoms with Crippen LogP contribution in [-0.4, -0.2) is 20.7 Å². The van der Waals surface area contributed by atoms with Crippen molar-refractivity contribution in [3.8, 4) is 10.6 Å². The fraction of sp³-hybridized carbons (Fsp3) is 0.235. The minimum absolute atomic E-state index is 0.117. The first-order chi connectivity index (χ1) is 11.5. The molecule has 0 atom stereocenters.